The Morgan fingerprint density at radius 3 is 2.70 bits per heavy atom. The molecule has 1 N–H and O–H groups in total. The van der Waals surface area contributed by atoms with Crippen molar-refractivity contribution in [2.45, 2.75) is 44.7 Å². The summed E-state index contributed by atoms with van der Waals surface area (Å²) in [5.41, 5.74) is 1.61. The van der Waals surface area contributed by atoms with Crippen LogP contribution >= 0.6 is 27.7 Å². The van der Waals surface area contributed by atoms with Crippen LogP contribution in [-0.2, 0) is 6.54 Å². The molecule has 20 heavy (non-hydrogen) atoms. The van der Waals surface area contributed by atoms with E-state index in [4.69, 9.17) is 4.99 Å². The van der Waals surface area contributed by atoms with Crippen LogP contribution in [0.2, 0.25) is 0 Å². The molecule has 1 saturated heterocycles. The van der Waals surface area contributed by atoms with Gasteiger partial charge in [0.05, 0.1) is 6.54 Å². The molecule has 0 aromatic heterocycles. The van der Waals surface area contributed by atoms with Crippen molar-refractivity contribution >= 4 is 32.9 Å². The number of benzene rings is 1. The lowest BCUT2D eigenvalue weighted by atomic mass is 9.78. The maximum absolute atomic E-state index is 4.74. The van der Waals surface area contributed by atoms with Crippen molar-refractivity contribution in [1.29, 1.82) is 0 Å². The fourth-order valence-electron chi connectivity index (χ4n) is 2.93. The molecular formula is C16H21BrN2S. The Hall–Kier alpha value is -0.480. The van der Waals surface area contributed by atoms with E-state index >= 15 is 0 Å². The van der Waals surface area contributed by atoms with Crippen LogP contribution in [0.25, 0.3) is 0 Å². The number of rotatable bonds is 2. The number of amidine groups is 1. The molecule has 1 heterocycles. The summed E-state index contributed by atoms with van der Waals surface area (Å²) in [5, 5.41) is 4.85. The minimum absolute atomic E-state index is 0.343. The highest BCUT2D eigenvalue weighted by Gasteiger charge is 2.39. The maximum atomic E-state index is 4.74. The summed E-state index contributed by atoms with van der Waals surface area (Å²) in [6.45, 7) is 3.15. The lowest BCUT2D eigenvalue weighted by Gasteiger charge is -2.35. The number of hydrogen-bond donors (Lipinski definition) is 1. The molecule has 2 aliphatic rings. The summed E-state index contributed by atoms with van der Waals surface area (Å²) in [7, 11) is 0. The number of thioether (sulfide) groups is 1. The molecule has 3 rings (SSSR count). The zero-order valence-corrected chi connectivity index (χ0v) is 14.3. The highest BCUT2D eigenvalue weighted by atomic mass is 79.9. The molecule has 1 aliphatic heterocycles. The highest BCUT2D eigenvalue weighted by molar-refractivity contribution is 9.10. The van der Waals surface area contributed by atoms with E-state index in [1.165, 1.54) is 37.0 Å². The molecule has 1 saturated carbocycles. The first-order valence-electron chi connectivity index (χ1n) is 7.35. The Bertz CT molecular complexity index is 490. The smallest absolute Gasteiger partial charge is 0.157 e. The summed E-state index contributed by atoms with van der Waals surface area (Å²) < 4.78 is 1.12. The lowest BCUT2D eigenvalue weighted by molar-refractivity contribution is 0.251. The monoisotopic (exact) mass is 352 g/mol. The van der Waals surface area contributed by atoms with Crippen molar-refractivity contribution in [3.05, 3.63) is 34.3 Å². The first-order valence-corrected chi connectivity index (χ1v) is 9.13. The predicted molar refractivity (Wildman–Crippen MR) is 91.2 cm³/mol. The zero-order chi connectivity index (χ0) is 14.0. The molecule has 1 aromatic carbocycles. The molecule has 0 atom stereocenters. The van der Waals surface area contributed by atoms with Gasteiger partial charge in [0.1, 0.15) is 0 Å². The molecule has 2 nitrogen and oxygen atoms in total. The van der Waals surface area contributed by atoms with E-state index in [9.17, 15) is 0 Å². The van der Waals surface area contributed by atoms with Crippen molar-refractivity contribution < 1.29 is 0 Å². The van der Waals surface area contributed by atoms with E-state index in [1.54, 1.807) is 0 Å². The van der Waals surface area contributed by atoms with E-state index in [-0.39, 0.29) is 0 Å². The van der Waals surface area contributed by atoms with E-state index in [1.807, 2.05) is 11.8 Å². The fourth-order valence-corrected chi connectivity index (χ4v) is 4.41. The third kappa shape index (κ3) is 3.40. The van der Waals surface area contributed by atoms with E-state index in [0.29, 0.717) is 5.54 Å². The van der Waals surface area contributed by atoms with Gasteiger partial charge in [-0.25, -0.2) is 0 Å². The van der Waals surface area contributed by atoms with E-state index < -0.39 is 0 Å². The number of halogens is 1. The van der Waals surface area contributed by atoms with Crippen LogP contribution < -0.4 is 5.32 Å². The Balaban J connectivity index is 1.59. The summed E-state index contributed by atoms with van der Waals surface area (Å²) in [5.74, 6) is 2.09. The summed E-state index contributed by atoms with van der Waals surface area (Å²) >= 11 is 5.36. The predicted octanol–water partition coefficient (Wildman–Crippen LogP) is 4.59. The molecular weight excluding hydrogens is 332 g/mol. The second kappa shape index (κ2) is 6.10. The summed E-state index contributed by atoms with van der Waals surface area (Å²) in [6, 6.07) is 8.42. The van der Waals surface area contributed by atoms with Gasteiger partial charge in [0.2, 0.25) is 0 Å². The highest BCUT2D eigenvalue weighted by Crippen LogP contribution is 2.38. The van der Waals surface area contributed by atoms with Crippen LogP contribution in [0.5, 0.6) is 0 Å². The molecule has 0 bridgehead atoms. The maximum Gasteiger partial charge on any atom is 0.157 e. The molecule has 1 aliphatic carbocycles. The van der Waals surface area contributed by atoms with Crippen LogP contribution in [0.3, 0.4) is 0 Å². The Kier molecular flexibility index (Phi) is 4.41. The average Bonchev–Trinajstić information content (AvgIpc) is 2.85. The minimum Gasteiger partial charge on any atom is -0.359 e. The van der Waals surface area contributed by atoms with Crippen molar-refractivity contribution in [3.8, 4) is 0 Å². The van der Waals surface area contributed by atoms with Gasteiger partial charge in [-0.3, -0.25) is 4.99 Å². The second-order valence-electron chi connectivity index (χ2n) is 6.12. The first kappa shape index (κ1) is 14.5. The van der Waals surface area contributed by atoms with Gasteiger partial charge in [0.25, 0.3) is 0 Å². The van der Waals surface area contributed by atoms with Gasteiger partial charge < -0.3 is 5.32 Å². The number of aliphatic imine (C=N–C) groups is 1. The van der Waals surface area contributed by atoms with Gasteiger partial charge in [-0.2, -0.15) is 0 Å². The molecule has 4 heteroatoms. The molecule has 0 unspecified atom stereocenters. The van der Waals surface area contributed by atoms with E-state index in [0.717, 1.165) is 22.1 Å². The third-order valence-electron chi connectivity index (χ3n) is 4.41. The SMILES string of the molecule is CC1CCC2(CC1)CSC(=NCc1ccc(Br)cc1)N2. The van der Waals surface area contributed by atoms with Gasteiger partial charge >= 0.3 is 0 Å². The van der Waals surface area contributed by atoms with Crippen molar-refractivity contribution in [1.82, 2.24) is 5.32 Å². The van der Waals surface area contributed by atoms with Crippen LogP contribution in [0.15, 0.2) is 33.7 Å². The fraction of sp³-hybridized carbons (Fsp3) is 0.562. The molecule has 1 aromatic rings. The van der Waals surface area contributed by atoms with Crippen LogP contribution in [0, 0.1) is 5.92 Å². The van der Waals surface area contributed by atoms with Crippen LogP contribution in [0.1, 0.15) is 38.2 Å². The minimum atomic E-state index is 0.343. The van der Waals surface area contributed by atoms with Gasteiger partial charge in [-0.15, -0.1) is 0 Å². The van der Waals surface area contributed by atoms with Crippen molar-refractivity contribution in [3.63, 3.8) is 0 Å². The normalized spacial score (nSPS) is 31.7. The number of nitrogens with one attached hydrogen (secondary N) is 1. The molecule has 108 valence electrons. The third-order valence-corrected chi connectivity index (χ3v) is 6.14. The van der Waals surface area contributed by atoms with Crippen molar-refractivity contribution in [2.75, 3.05) is 5.75 Å². The molecule has 2 fully saturated rings. The van der Waals surface area contributed by atoms with Gasteiger partial charge in [-0.1, -0.05) is 46.7 Å². The number of nitrogens with zero attached hydrogens (tertiary/aromatic N) is 1. The summed E-state index contributed by atoms with van der Waals surface area (Å²) in [6.07, 6.45) is 5.32. The molecule has 0 amide bonds. The van der Waals surface area contributed by atoms with Crippen molar-refractivity contribution in [2.24, 2.45) is 10.9 Å². The Labute approximate surface area is 134 Å². The standard InChI is InChI=1S/C16H21BrN2S/c1-12-6-8-16(9-7-12)11-20-15(19-16)18-10-13-2-4-14(17)5-3-13/h2-5,12H,6-11H2,1H3,(H,18,19). The van der Waals surface area contributed by atoms with Crippen LogP contribution in [-0.4, -0.2) is 16.5 Å². The quantitative estimate of drug-likeness (QED) is 0.841. The van der Waals surface area contributed by atoms with Crippen LogP contribution in [0.4, 0.5) is 0 Å². The lowest BCUT2D eigenvalue weighted by Crippen LogP contribution is -2.46. The largest absolute Gasteiger partial charge is 0.359 e. The van der Waals surface area contributed by atoms with Gasteiger partial charge in [0.15, 0.2) is 5.17 Å². The molecule has 0 radical (unpaired) electrons. The second-order valence-corrected chi connectivity index (χ2v) is 8.00. The number of hydrogen-bond acceptors (Lipinski definition) is 2. The zero-order valence-electron chi connectivity index (χ0n) is 11.9. The Morgan fingerprint density at radius 2 is 2.00 bits per heavy atom. The Morgan fingerprint density at radius 1 is 1.30 bits per heavy atom. The van der Waals surface area contributed by atoms with Gasteiger partial charge in [-0.05, 0) is 49.3 Å². The molecule has 1 spiro atoms. The summed E-state index contributed by atoms with van der Waals surface area (Å²) in [4.78, 5) is 4.74. The first-order chi connectivity index (χ1) is 9.65. The van der Waals surface area contributed by atoms with E-state index in [2.05, 4.69) is 52.4 Å². The van der Waals surface area contributed by atoms with Gasteiger partial charge in [0, 0.05) is 15.8 Å². The average molecular weight is 353 g/mol. The topological polar surface area (TPSA) is 24.4 Å².